The summed E-state index contributed by atoms with van der Waals surface area (Å²) in [6.45, 7) is -0.249. The van der Waals surface area contributed by atoms with E-state index < -0.39 is 41.1 Å². The zero-order valence-electron chi connectivity index (χ0n) is 19.0. The minimum absolute atomic E-state index is 0.0245. The monoisotopic (exact) mass is 517 g/mol. The van der Waals surface area contributed by atoms with Crippen molar-refractivity contribution in [3.8, 4) is 0 Å². The predicted octanol–water partition coefficient (Wildman–Crippen LogP) is 7.29. The molecule has 3 nitrogen and oxygen atoms in total. The second-order valence-electron chi connectivity index (χ2n) is 8.60. The van der Waals surface area contributed by atoms with Crippen LogP contribution in [0.3, 0.4) is 0 Å². The lowest BCUT2D eigenvalue weighted by atomic mass is 10.0. The van der Waals surface area contributed by atoms with E-state index in [1.54, 1.807) is 29.3 Å². The third-order valence-corrected chi connectivity index (χ3v) is 6.06. The first-order chi connectivity index (χ1) is 17.6. The summed E-state index contributed by atoms with van der Waals surface area (Å²) < 4.78 is 98.3. The summed E-state index contributed by atoms with van der Waals surface area (Å²) in [4.78, 5) is 1.68. The second-order valence-corrected chi connectivity index (χ2v) is 8.60. The van der Waals surface area contributed by atoms with Crippen LogP contribution < -0.4 is 0 Å². The standard InChI is InChI=1S/C27H18F7N3/c28-18-8-7-17(23(31)13-18)15-37-26(21-4-3-5-22(25(21)35-37)27(32,33)34)24-6-1-2-9-36(24)14-16-10-19(29)12-20(30)11-16/h1-13,24H,14-15H2. The van der Waals surface area contributed by atoms with Gasteiger partial charge in [0.05, 0.1) is 23.8 Å². The van der Waals surface area contributed by atoms with Crippen molar-refractivity contribution in [3.63, 3.8) is 0 Å². The number of nitrogens with zero attached hydrogens (tertiary/aromatic N) is 3. The molecule has 1 unspecified atom stereocenters. The molecule has 1 aliphatic rings. The topological polar surface area (TPSA) is 21.1 Å². The highest BCUT2D eigenvalue weighted by molar-refractivity contribution is 5.86. The first kappa shape index (κ1) is 24.6. The highest BCUT2D eigenvalue weighted by Crippen LogP contribution is 2.39. The first-order valence-corrected chi connectivity index (χ1v) is 11.2. The molecule has 0 amide bonds. The Morgan fingerprint density at radius 1 is 0.811 bits per heavy atom. The molecule has 0 bridgehead atoms. The number of hydrogen-bond acceptors (Lipinski definition) is 2. The molecule has 190 valence electrons. The number of benzene rings is 3. The maximum absolute atomic E-state index is 14.5. The number of fused-ring (bicyclic) bond motifs is 1. The lowest BCUT2D eigenvalue weighted by Crippen LogP contribution is -2.26. The molecule has 0 aliphatic carbocycles. The van der Waals surface area contributed by atoms with Crippen LogP contribution in [0.2, 0.25) is 0 Å². The minimum Gasteiger partial charge on any atom is -0.361 e. The largest absolute Gasteiger partial charge is 0.418 e. The van der Waals surface area contributed by atoms with Crippen LogP contribution in [0.1, 0.15) is 28.4 Å². The molecule has 0 spiro atoms. The molecular weight excluding hydrogens is 499 g/mol. The Kier molecular flexibility index (Phi) is 6.26. The third-order valence-electron chi connectivity index (χ3n) is 6.06. The SMILES string of the molecule is Fc1cc(F)cc(CN2C=CC=CC2c2c3cccc(C(F)(F)F)c3nn2Cc2ccc(F)cc2F)c1. The van der Waals surface area contributed by atoms with Gasteiger partial charge in [-0.3, -0.25) is 4.68 Å². The minimum atomic E-state index is -4.70. The Morgan fingerprint density at radius 3 is 2.27 bits per heavy atom. The summed E-state index contributed by atoms with van der Waals surface area (Å²) in [6.07, 6.45) is 2.00. The maximum atomic E-state index is 14.5. The zero-order chi connectivity index (χ0) is 26.3. The molecule has 0 radical (unpaired) electrons. The van der Waals surface area contributed by atoms with Crippen LogP contribution >= 0.6 is 0 Å². The van der Waals surface area contributed by atoms with Crippen LogP contribution in [0, 0.1) is 23.3 Å². The van der Waals surface area contributed by atoms with Crippen LogP contribution in [-0.2, 0) is 19.3 Å². The van der Waals surface area contributed by atoms with E-state index in [0.717, 1.165) is 30.3 Å². The predicted molar refractivity (Wildman–Crippen MR) is 123 cm³/mol. The summed E-state index contributed by atoms with van der Waals surface area (Å²) in [5.41, 5.74) is -0.648. The summed E-state index contributed by atoms with van der Waals surface area (Å²) in [7, 11) is 0. The van der Waals surface area contributed by atoms with Crippen LogP contribution in [0.25, 0.3) is 10.9 Å². The summed E-state index contributed by atoms with van der Waals surface area (Å²) in [5, 5.41) is 4.39. The first-order valence-electron chi connectivity index (χ1n) is 11.2. The molecule has 1 aromatic heterocycles. The van der Waals surface area contributed by atoms with E-state index in [-0.39, 0.29) is 29.6 Å². The van der Waals surface area contributed by atoms with Crippen LogP contribution in [0.15, 0.2) is 79.0 Å². The van der Waals surface area contributed by atoms with Crippen molar-refractivity contribution >= 4 is 10.9 Å². The number of alkyl halides is 3. The average Bonchev–Trinajstić information content (AvgIpc) is 3.17. The Balaban J connectivity index is 1.66. The maximum Gasteiger partial charge on any atom is 0.418 e. The van der Waals surface area contributed by atoms with E-state index >= 15 is 0 Å². The van der Waals surface area contributed by atoms with Gasteiger partial charge in [-0.2, -0.15) is 18.3 Å². The fraction of sp³-hybridized carbons (Fsp3) is 0.148. The van der Waals surface area contributed by atoms with Crippen LogP contribution in [0.5, 0.6) is 0 Å². The second kappa shape index (κ2) is 9.42. The fourth-order valence-electron chi connectivity index (χ4n) is 4.49. The summed E-state index contributed by atoms with van der Waals surface area (Å²) in [6, 6.07) is 8.95. The highest BCUT2D eigenvalue weighted by atomic mass is 19.4. The van der Waals surface area contributed by atoms with Gasteiger partial charge >= 0.3 is 6.18 Å². The Bertz CT molecular complexity index is 1520. The van der Waals surface area contributed by atoms with E-state index in [9.17, 15) is 30.7 Å². The Hall–Kier alpha value is -4.08. The Labute approximate surface area is 206 Å². The van der Waals surface area contributed by atoms with Crippen LogP contribution in [-0.4, -0.2) is 14.7 Å². The Morgan fingerprint density at radius 2 is 1.57 bits per heavy atom. The lowest BCUT2D eigenvalue weighted by Gasteiger charge is -2.31. The van der Waals surface area contributed by atoms with Crippen molar-refractivity contribution in [2.75, 3.05) is 0 Å². The van der Waals surface area contributed by atoms with E-state index in [1.165, 1.54) is 22.9 Å². The van der Waals surface area contributed by atoms with Gasteiger partial charge in [-0.1, -0.05) is 30.4 Å². The number of hydrogen-bond donors (Lipinski definition) is 0. The van der Waals surface area contributed by atoms with Gasteiger partial charge in [0.2, 0.25) is 0 Å². The summed E-state index contributed by atoms with van der Waals surface area (Å²) in [5.74, 6) is -3.19. The molecule has 0 N–H and O–H groups in total. The molecule has 1 atom stereocenters. The molecule has 2 heterocycles. The lowest BCUT2D eigenvalue weighted by molar-refractivity contribution is -0.136. The number of aromatic nitrogens is 2. The van der Waals surface area contributed by atoms with E-state index in [1.807, 2.05) is 0 Å². The van der Waals surface area contributed by atoms with Crippen molar-refractivity contribution in [1.29, 1.82) is 0 Å². The molecule has 0 fully saturated rings. The highest BCUT2D eigenvalue weighted by Gasteiger charge is 2.35. The van der Waals surface area contributed by atoms with E-state index in [0.29, 0.717) is 17.3 Å². The molecule has 5 rings (SSSR count). The number of rotatable bonds is 5. The van der Waals surface area contributed by atoms with Gasteiger partial charge in [0, 0.05) is 35.8 Å². The van der Waals surface area contributed by atoms with Crippen molar-refractivity contribution in [1.82, 2.24) is 14.7 Å². The molecule has 0 saturated carbocycles. The molecular formula is C27H18F7N3. The number of allylic oxidation sites excluding steroid dienone is 2. The molecule has 1 aliphatic heterocycles. The third kappa shape index (κ3) is 4.96. The molecule has 3 aromatic carbocycles. The van der Waals surface area contributed by atoms with Crippen molar-refractivity contribution in [2.24, 2.45) is 0 Å². The molecule has 10 heteroatoms. The van der Waals surface area contributed by atoms with E-state index in [4.69, 9.17) is 0 Å². The van der Waals surface area contributed by atoms with E-state index in [2.05, 4.69) is 5.10 Å². The summed E-state index contributed by atoms with van der Waals surface area (Å²) >= 11 is 0. The van der Waals surface area contributed by atoms with Crippen molar-refractivity contribution < 1.29 is 30.7 Å². The van der Waals surface area contributed by atoms with Gasteiger partial charge in [-0.25, -0.2) is 17.6 Å². The van der Waals surface area contributed by atoms with Gasteiger partial charge in [0.1, 0.15) is 28.8 Å². The van der Waals surface area contributed by atoms with Gasteiger partial charge in [0.15, 0.2) is 0 Å². The average molecular weight is 517 g/mol. The van der Waals surface area contributed by atoms with Gasteiger partial charge in [-0.15, -0.1) is 0 Å². The van der Waals surface area contributed by atoms with Crippen molar-refractivity contribution in [2.45, 2.75) is 25.3 Å². The van der Waals surface area contributed by atoms with Gasteiger partial charge in [0.25, 0.3) is 0 Å². The smallest absolute Gasteiger partial charge is 0.361 e. The molecule has 0 saturated heterocycles. The fourth-order valence-corrected chi connectivity index (χ4v) is 4.49. The van der Waals surface area contributed by atoms with Crippen LogP contribution in [0.4, 0.5) is 30.7 Å². The van der Waals surface area contributed by atoms with Gasteiger partial charge < -0.3 is 4.90 Å². The number of halogens is 7. The molecule has 37 heavy (non-hydrogen) atoms. The normalized spacial score (nSPS) is 15.6. The quantitative estimate of drug-likeness (QED) is 0.259. The molecule has 4 aromatic rings. The van der Waals surface area contributed by atoms with Crippen molar-refractivity contribution in [3.05, 3.63) is 125 Å². The van der Waals surface area contributed by atoms with Gasteiger partial charge in [-0.05, 0) is 35.9 Å². The zero-order valence-corrected chi connectivity index (χ0v) is 19.0.